The summed E-state index contributed by atoms with van der Waals surface area (Å²) < 4.78 is 5.43. The van der Waals surface area contributed by atoms with E-state index in [0.717, 1.165) is 6.07 Å². The summed E-state index contributed by atoms with van der Waals surface area (Å²) >= 11 is 5.95. The molecule has 0 saturated heterocycles. The molecule has 1 aliphatic rings. The van der Waals surface area contributed by atoms with Crippen LogP contribution >= 0.6 is 11.6 Å². The van der Waals surface area contributed by atoms with Gasteiger partial charge >= 0.3 is 0 Å². The monoisotopic (exact) mass is 361 g/mol. The van der Waals surface area contributed by atoms with Crippen molar-refractivity contribution in [3.8, 4) is 5.75 Å². The number of hydrogen-bond acceptors (Lipinski definition) is 5. The molecule has 128 valence electrons. The fourth-order valence-electron chi connectivity index (χ4n) is 2.29. The molecule has 0 fully saturated rings. The van der Waals surface area contributed by atoms with Gasteiger partial charge in [-0.25, -0.2) is 0 Å². The number of nitro groups is 1. The van der Waals surface area contributed by atoms with Crippen molar-refractivity contribution in [3.63, 3.8) is 0 Å². The quantitative estimate of drug-likeness (QED) is 0.644. The smallest absolute Gasteiger partial charge is 0.270 e. The van der Waals surface area contributed by atoms with Crippen molar-refractivity contribution in [3.05, 3.63) is 57.1 Å². The Bertz CT molecular complexity index is 899. The molecule has 8 nitrogen and oxygen atoms in total. The Kier molecular flexibility index (Phi) is 4.28. The predicted molar refractivity (Wildman–Crippen MR) is 91.2 cm³/mol. The number of ether oxygens (including phenoxy) is 1. The second-order valence-corrected chi connectivity index (χ2v) is 5.74. The second-order valence-electron chi connectivity index (χ2n) is 5.34. The largest absolute Gasteiger partial charge is 0.479 e. The van der Waals surface area contributed by atoms with Crippen molar-refractivity contribution in [2.45, 2.75) is 13.0 Å². The Morgan fingerprint density at radius 1 is 1.32 bits per heavy atom. The summed E-state index contributed by atoms with van der Waals surface area (Å²) in [6.07, 6.45) is -0.600. The normalized spacial score (nSPS) is 15.6. The summed E-state index contributed by atoms with van der Waals surface area (Å²) in [5, 5.41) is 16.2. The first-order valence-corrected chi connectivity index (χ1v) is 7.60. The summed E-state index contributed by atoms with van der Waals surface area (Å²) in [5.74, 6) is -0.416. The number of fused-ring (bicyclic) bond motifs is 1. The number of rotatable bonds is 3. The molecule has 0 saturated carbocycles. The minimum absolute atomic E-state index is 0.0255. The summed E-state index contributed by atoms with van der Waals surface area (Å²) in [7, 11) is 0. The van der Waals surface area contributed by atoms with Gasteiger partial charge in [-0.1, -0.05) is 11.6 Å². The zero-order chi connectivity index (χ0) is 18.1. The number of non-ortho nitro benzene ring substituents is 1. The van der Waals surface area contributed by atoms with Crippen molar-refractivity contribution in [2.24, 2.45) is 0 Å². The van der Waals surface area contributed by atoms with Crippen LogP contribution < -0.4 is 15.4 Å². The summed E-state index contributed by atoms with van der Waals surface area (Å²) in [5.41, 5.74) is 0.535. The Balaban J connectivity index is 1.85. The molecule has 2 aromatic carbocycles. The van der Waals surface area contributed by atoms with Gasteiger partial charge in [0, 0.05) is 17.8 Å². The molecule has 1 aliphatic heterocycles. The van der Waals surface area contributed by atoms with Crippen LogP contribution in [0.15, 0.2) is 36.4 Å². The van der Waals surface area contributed by atoms with Gasteiger partial charge < -0.3 is 15.4 Å². The van der Waals surface area contributed by atoms with Crippen molar-refractivity contribution >= 4 is 40.5 Å². The number of anilines is 2. The lowest BCUT2D eigenvalue weighted by Crippen LogP contribution is -2.34. The highest BCUT2D eigenvalue weighted by atomic mass is 35.5. The van der Waals surface area contributed by atoms with Crippen LogP contribution in [0.5, 0.6) is 5.75 Å². The molecule has 0 aromatic heterocycles. The molecule has 1 heterocycles. The maximum Gasteiger partial charge on any atom is 0.270 e. The van der Waals surface area contributed by atoms with Crippen LogP contribution in [0, 0.1) is 10.1 Å². The van der Waals surface area contributed by atoms with Gasteiger partial charge in [0.2, 0.25) is 0 Å². The number of amides is 2. The maximum absolute atomic E-state index is 12.4. The van der Waals surface area contributed by atoms with E-state index in [0.29, 0.717) is 17.1 Å². The molecular weight excluding hydrogens is 350 g/mol. The lowest BCUT2D eigenvalue weighted by atomic mass is 10.1. The standard InChI is InChI=1S/C16H12ClN3O5/c1-8-15(21)19-13-6-9(2-5-14(13)25-8)18-16(22)11-7-10(20(23)24)3-4-12(11)17/h2-8H,1H3,(H,18,22)(H,19,21)/t8-/m1/s1. The molecule has 0 unspecified atom stereocenters. The lowest BCUT2D eigenvalue weighted by Gasteiger charge is -2.23. The van der Waals surface area contributed by atoms with Gasteiger partial charge in [-0.15, -0.1) is 0 Å². The Hall–Kier alpha value is -3.13. The molecule has 2 amide bonds. The molecule has 0 spiro atoms. The number of hydrogen-bond donors (Lipinski definition) is 2. The molecule has 3 rings (SSSR count). The number of nitrogens with one attached hydrogen (secondary N) is 2. The second kappa shape index (κ2) is 6.40. The van der Waals surface area contributed by atoms with Gasteiger partial charge in [0.1, 0.15) is 5.75 Å². The van der Waals surface area contributed by atoms with Crippen LogP contribution in [0.25, 0.3) is 0 Å². The molecule has 0 radical (unpaired) electrons. The maximum atomic E-state index is 12.4. The van der Waals surface area contributed by atoms with E-state index < -0.39 is 16.9 Å². The molecule has 1 atom stereocenters. The zero-order valence-electron chi connectivity index (χ0n) is 12.9. The highest BCUT2D eigenvalue weighted by Gasteiger charge is 2.24. The van der Waals surface area contributed by atoms with Crippen molar-refractivity contribution < 1.29 is 19.2 Å². The fourth-order valence-corrected chi connectivity index (χ4v) is 2.49. The fraction of sp³-hybridized carbons (Fsp3) is 0.125. The molecular formula is C16H12ClN3O5. The first-order valence-electron chi connectivity index (χ1n) is 7.22. The van der Waals surface area contributed by atoms with E-state index in [1.165, 1.54) is 18.2 Å². The minimum atomic E-state index is -0.611. The summed E-state index contributed by atoms with van der Waals surface area (Å²) in [6.45, 7) is 1.62. The number of carbonyl (C=O) groups is 2. The van der Waals surface area contributed by atoms with Crippen LogP contribution in [-0.2, 0) is 4.79 Å². The number of nitro benzene ring substituents is 1. The van der Waals surface area contributed by atoms with Gasteiger partial charge in [-0.3, -0.25) is 19.7 Å². The van der Waals surface area contributed by atoms with E-state index in [9.17, 15) is 19.7 Å². The Labute approximate surface area is 146 Å². The summed E-state index contributed by atoms with van der Waals surface area (Å²) in [6, 6.07) is 8.33. The molecule has 0 aliphatic carbocycles. The highest BCUT2D eigenvalue weighted by Crippen LogP contribution is 2.32. The number of halogens is 1. The lowest BCUT2D eigenvalue weighted by molar-refractivity contribution is -0.384. The van der Waals surface area contributed by atoms with E-state index >= 15 is 0 Å². The van der Waals surface area contributed by atoms with E-state index in [4.69, 9.17) is 16.3 Å². The van der Waals surface area contributed by atoms with Gasteiger partial charge in [-0.05, 0) is 31.2 Å². The number of nitrogens with zero attached hydrogens (tertiary/aromatic N) is 1. The van der Waals surface area contributed by atoms with E-state index in [1.807, 2.05) is 0 Å². The van der Waals surface area contributed by atoms with Crippen molar-refractivity contribution in [1.29, 1.82) is 0 Å². The Morgan fingerprint density at radius 2 is 2.08 bits per heavy atom. The van der Waals surface area contributed by atoms with Gasteiger partial charge in [0.05, 0.1) is 21.2 Å². The SMILES string of the molecule is C[C@H]1Oc2ccc(NC(=O)c3cc([N+](=O)[O-])ccc3Cl)cc2NC1=O. The topological polar surface area (TPSA) is 111 Å². The van der Waals surface area contributed by atoms with Gasteiger partial charge in [0.15, 0.2) is 6.10 Å². The van der Waals surface area contributed by atoms with Crippen LogP contribution in [0.1, 0.15) is 17.3 Å². The summed E-state index contributed by atoms with van der Waals surface area (Å²) in [4.78, 5) is 34.2. The molecule has 25 heavy (non-hydrogen) atoms. The molecule has 9 heteroatoms. The van der Waals surface area contributed by atoms with Gasteiger partial charge in [0.25, 0.3) is 17.5 Å². The number of benzene rings is 2. The third-order valence-corrected chi connectivity index (χ3v) is 3.90. The van der Waals surface area contributed by atoms with E-state index in [-0.39, 0.29) is 22.2 Å². The first kappa shape index (κ1) is 16.7. The van der Waals surface area contributed by atoms with Crippen LogP contribution in [0.2, 0.25) is 5.02 Å². The van der Waals surface area contributed by atoms with E-state index in [2.05, 4.69) is 10.6 Å². The van der Waals surface area contributed by atoms with E-state index in [1.54, 1.807) is 19.1 Å². The first-order chi connectivity index (χ1) is 11.8. The zero-order valence-corrected chi connectivity index (χ0v) is 13.7. The van der Waals surface area contributed by atoms with Crippen molar-refractivity contribution in [1.82, 2.24) is 0 Å². The third-order valence-electron chi connectivity index (χ3n) is 3.57. The average molecular weight is 362 g/mol. The molecule has 2 N–H and O–H groups in total. The predicted octanol–water partition coefficient (Wildman–Crippen LogP) is 3.22. The Morgan fingerprint density at radius 3 is 2.80 bits per heavy atom. The van der Waals surface area contributed by atoms with Crippen molar-refractivity contribution in [2.75, 3.05) is 10.6 Å². The third kappa shape index (κ3) is 3.38. The number of carbonyl (C=O) groups excluding carboxylic acids is 2. The highest BCUT2D eigenvalue weighted by molar-refractivity contribution is 6.34. The minimum Gasteiger partial charge on any atom is -0.479 e. The molecule has 0 bridgehead atoms. The van der Waals surface area contributed by atoms with Crippen LogP contribution in [-0.4, -0.2) is 22.8 Å². The molecule has 2 aromatic rings. The van der Waals surface area contributed by atoms with Gasteiger partial charge in [-0.2, -0.15) is 0 Å². The van der Waals surface area contributed by atoms with Crippen LogP contribution in [0.4, 0.5) is 17.1 Å². The average Bonchev–Trinajstić information content (AvgIpc) is 2.56. The van der Waals surface area contributed by atoms with Crippen LogP contribution in [0.3, 0.4) is 0 Å².